The third-order valence-corrected chi connectivity index (χ3v) is 6.83. The summed E-state index contributed by atoms with van der Waals surface area (Å²) in [6, 6.07) is 17.3. The monoisotopic (exact) mass is 466 g/mol. The van der Waals surface area contributed by atoms with Gasteiger partial charge in [0.05, 0.1) is 17.1 Å². The third kappa shape index (κ3) is 4.76. The van der Waals surface area contributed by atoms with Crippen LogP contribution in [0.25, 0.3) is 5.69 Å². The Bertz CT molecular complexity index is 1290. The number of aryl methyl sites for hydroxylation is 1. The number of amides is 1. The molecule has 0 unspecified atom stereocenters. The smallest absolute Gasteiger partial charge is 0.295 e. The molecule has 0 saturated carbocycles. The van der Waals surface area contributed by atoms with Gasteiger partial charge in [-0.3, -0.25) is 14.3 Å². The van der Waals surface area contributed by atoms with Crippen molar-refractivity contribution in [2.24, 2.45) is 7.05 Å². The van der Waals surface area contributed by atoms with Gasteiger partial charge >= 0.3 is 0 Å². The average molecular weight is 467 g/mol. The van der Waals surface area contributed by atoms with E-state index in [-0.39, 0.29) is 22.9 Å². The lowest BCUT2D eigenvalue weighted by Crippen LogP contribution is -2.23. The molecule has 0 fully saturated rings. The highest BCUT2D eigenvalue weighted by atomic mass is 32.2. The molecule has 2 heterocycles. The van der Waals surface area contributed by atoms with Crippen molar-refractivity contribution in [2.45, 2.75) is 18.2 Å². The predicted octanol–water partition coefficient (Wildman–Crippen LogP) is 4.12. The number of rotatable bonds is 7. The summed E-state index contributed by atoms with van der Waals surface area (Å²) in [5.74, 6) is -0.151. The first-order chi connectivity index (χ1) is 15.4. The van der Waals surface area contributed by atoms with Crippen LogP contribution in [-0.4, -0.2) is 31.2 Å². The van der Waals surface area contributed by atoms with Gasteiger partial charge in [0.1, 0.15) is 5.69 Å². The molecule has 0 spiro atoms. The zero-order valence-corrected chi connectivity index (χ0v) is 19.5. The first-order valence-electron chi connectivity index (χ1n) is 9.86. The zero-order chi connectivity index (χ0) is 22.7. The largest absolute Gasteiger partial charge is 0.330 e. The van der Waals surface area contributed by atoms with Crippen LogP contribution in [0.1, 0.15) is 11.3 Å². The van der Waals surface area contributed by atoms with Gasteiger partial charge < -0.3 is 10.6 Å². The molecular formula is C22H22N6O2S2. The van der Waals surface area contributed by atoms with Crippen molar-refractivity contribution in [3.8, 4) is 5.69 Å². The number of anilines is 3. The van der Waals surface area contributed by atoms with Crippen molar-refractivity contribution in [3.63, 3.8) is 0 Å². The quantitative estimate of drug-likeness (QED) is 0.398. The standard InChI is InChI=1S/C22H22N6O2S2/c1-14-9-11-16(12-10-14)23-21-25-26-22(32-21)31-13-18(29)24-19-15(2)27(3)28(20(19)30)17-7-5-4-6-8-17/h4-12H,13H2,1-3H3,(H,23,25)(H,24,29). The van der Waals surface area contributed by atoms with Gasteiger partial charge in [0.15, 0.2) is 4.34 Å². The Kier molecular flexibility index (Phi) is 6.42. The number of nitrogens with one attached hydrogen (secondary N) is 2. The summed E-state index contributed by atoms with van der Waals surface area (Å²) in [5.41, 5.74) is 3.53. The Labute approximate surface area is 193 Å². The van der Waals surface area contributed by atoms with E-state index in [1.165, 1.54) is 33.3 Å². The van der Waals surface area contributed by atoms with Crippen LogP contribution in [0, 0.1) is 13.8 Å². The molecule has 4 aromatic rings. The van der Waals surface area contributed by atoms with Gasteiger partial charge in [-0.15, -0.1) is 10.2 Å². The number of para-hydroxylation sites is 1. The molecule has 8 nitrogen and oxygen atoms in total. The van der Waals surface area contributed by atoms with Gasteiger partial charge in [0, 0.05) is 12.7 Å². The molecule has 2 N–H and O–H groups in total. The Morgan fingerprint density at radius 1 is 1.06 bits per heavy atom. The summed E-state index contributed by atoms with van der Waals surface area (Å²) in [5, 5.41) is 14.9. The number of carbonyl (C=O) groups excluding carboxylic acids is 1. The van der Waals surface area contributed by atoms with Gasteiger partial charge in [-0.1, -0.05) is 59.0 Å². The van der Waals surface area contributed by atoms with E-state index >= 15 is 0 Å². The number of hydrogen-bond donors (Lipinski definition) is 2. The summed E-state index contributed by atoms with van der Waals surface area (Å²) in [6.07, 6.45) is 0. The third-order valence-electron chi connectivity index (χ3n) is 4.85. The van der Waals surface area contributed by atoms with Crippen molar-refractivity contribution in [1.29, 1.82) is 0 Å². The minimum absolute atomic E-state index is 0.123. The summed E-state index contributed by atoms with van der Waals surface area (Å²) in [6.45, 7) is 3.83. The predicted molar refractivity (Wildman–Crippen MR) is 129 cm³/mol. The lowest BCUT2D eigenvalue weighted by atomic mass is 10.2. The molecule has 0 aliphatic heterocycles. The second-order valence-electron chi connectivity index (χ2n) is 7.14. The minimum Gasteiger partial charge on any atom is -0.330 e. The fraction of sp³-hybridized carbons (Fsp3) is 0.182. The fourth-order valence-electron chi connectivity index (χ4n) is 3.09. The van der Waals surface area contributed by atoms with E-state index in [1.54, 1.807) is 18.7 Å². The van der Waals surface area contributed by atoms with Crippen LogP contribution >= 0.6 is 23.1 Å². The zero-order valence-electron chi connectivity index (χ0n) is 17.8. The SMILES string of the molecule is Cc1ccc(Nc2nnc(SCC(=O)Nc3c(C)n(C)n(-c4ccccc4)c3=O)s2)cc1. The summed E-state index contributed by atoms with van der Waals surface area (Å²) in [4.78, 5) is 25.4. The number of nitrogens with zero attached hydrogens (tertiary/aromatic N) is 4. The van der Waals surface area contributed by atoms with Gasteiger partial charge in [-0.2, -0.15) is 0 Å². The number of thioether (sulfide) groups is 1. The molecule has 0 aliphatic carbocycles. The highest BCUT2D eigenvalue weighted by Crippen LogP contribution is 2.28. The summed E-state index contributed by atoms with van der Waals surface area (Å²) >= 11 is 2.65. The fourth-order valence-corrected chi connectivity index (χ4v) is 4.67. The first kappa shape index (κ1) is 21.8. The Morgan fingerprint density at radius 2 is 1.78 bits per heavy atom. The van der Waals surface area contributed by atoms with Crippen molar-refractivity contribution >= 4 is 45.5 Å². The maximum Gasteiger partial charge on any atom is 0.295 e. The van der Waals surface area contributed by atoms with Gasteiger partial charge in [-0.05, 0) is 38.1 Å². The molecule has 2 aromatic heterocycles. The van der Waals surface area contributed by atoms with Crippen molar-refractivity contribution in [2.75, 3.05) is 16.4 Å². The topological polar surface area (TPSA) is 93.8 Å². The molecule has 2 aromatic carbocycles. The van der Waals surface area contributed by atoms with Crippen LogP contribution in [-0.2, 0) is 11.8 Å². The molecule has 0 bridgehead atoms. The van der Waals surface area contributed by atoms with E-state index < -0.39 is 0 Å². The van der Waals surface area contributed by atoms with E-state index in [9.17, 15) is 9.59 Å². The van der Waals surface area contributed by atoms with E-state index in [0.717, 1.165) is 11.4 Å². The van der Waals surface area contributed by atoms with Crippen molar-refractivity contribution in [3.05, 3.63) is 76.2 Å². The molecule has 0 atom stereocenters. The lowest BCUT2D eigenvalue weighted by molar-refractivity contribution is -0.113. The molecule has 32 heavy (non-hydrogen) atoms. The van der Waals surface area contributed by atoms with E-state index in [1.807, 2.05) is 61.5 Å². The van der Waals surface area contributed by atoms with Crippen LogP contribution in [0.15, 0.2) is 63.7 Å². The minimum atomic E-state index is -0.274. The molecule has 0 radical (unpaired) electrons. The highest BCUT2D eigenvalue weighted by molar-refractivity contribution is 8.01. The van der Waals surface area contributed by atoms with Gasteiger partial charge in [-0.25, -0.2) is 4.68 Å². The Hall–Kier alpha value is -3.37. The summed E-state index contributed by atoms with van der Waals surface area (Å²) < 4.78 is 3.93. The number of benzene rings is 2. The first-order valence-corrected chi connectivity index (χ1v) is 11.7. The molecular weight excluding hydrogens is 444 g/mol. The highest BCUT2D eigenvalue weighted by Gasteiger charge is 2.18. The maximum absolute atomic E-state index is 12.9. The Balaban J connectivity index is 1.39. The van der Waals surface area contributed by atoms with Crippen LogP contribution in [0.3, 0.4) is 0 Å². The number of aromatic nitrogens is 4. The average Bonchev–Trinajstić information content (AvgIpc) is 3.32. The van der Waals surface area contributed by atoms with E-state index in [0.29, 0.717) is 15.2 Å². The van der Waals surface area contributed by atoms with Crippen LogP contribution in [0.2, 0.25) is 0 Å². The van der Waals surface area contributed by atoms with Gasteiger partial charge in [0.2, 0.25) is 11.0 Å². The molecule has 164 valence electrons. The van der Waals surface area contributed by atoms with Crippen molar-refractivity contribution < 1.29 is 4.79 Å². The second-order valence-corrected chi connectivity index (χ2v) is 9.34. The van der Waals surface area contributed by atoms with Crippen molar-refractivity contribution in [1.82, 2.24) is 19.6 Å². The maximum atomic E-state index is 12.9. The molecule has 1 amide bonds. The normalized spacial score (nSPS) is 10.8. The number of carbonyl (C=O) groups is 1. The van der Waals surface area contributed by atoms with Crippen LogP contribution in [0.4, 0.5) is 16.5 Å². The number of hydrogen-bond acceptors (Lipinski definition) is 7. The van der Waals surface area contributed by atoms with Crippen LogP contribution in [0.5, 0.6) is 0 Å². The molecule has 0 aliphatic rings. The van der Waals surface area contributed by atoms with E-state index in [4.69, 9.17) is 0 Å². The second kappa shape index (κ2) is 9.41. The summed E-state index contributed by atoms with van der Waals surface area (Å²) in [7, 11) is 1.79. The van der Waals surface area contributed by atoms with E-state index in [2.05, 4.69) is 20.8 Å². The molecule has 4 rings (SSSR count). The molecule has 0 saturated heterocycles. The Morgan fingerprint density at radius 3 is 2.50 bits per heavy atom. The lowest BCUT2D eigenvalue weighted by Gasteiger charge is -2.07. The van der Waals surface area contributed by atoms with Gasteiger partial charge in [0.25, 0.3) is 5.56 Å². The van der Waals surface area contributed by atoms with Crippen LogP contribution < -0.4 is 16.2 Å². The molecule has 10 heteroatoms.